The summed E-state index contributed by atoms with van der Waals surface area (Å²) >= 11 is 6.01. The molecule has 2 bridgehead atoms. The maximum absolute atomic E-state index is 16.8. The summed E-state index contributed by atoms with van der Waals surface area (Å²) < 4.78 is 91.8. The molecule has 4 atom stereocenters. The highest BCUT2D eigenvalue weighted by Crippen LogP contribution is 2.46. The summed E-state index contributed by atoms with van der Waals surface area (Å²) in [5.41, 5.74) is 0.646. The minimum absolute atomic E-state index is 0.0314. The molecule has 4 aliphatic rings. The molecule has 0 saturated carbocycles. The monoisotopic (exact) mass is 753 g/mol. The van der Waals surface area contributed by atoms with Crippen LogP contribution in [0.15, 0.2) is 18.3 Å². The number of nitrogen functional groups attached to an aromatic ring is 1. The maximum Gasteiger partial charge on any atom is 0.418 e. The molecule has 11 nitrogen and oxygen atoms in total. The zero-order valence-electron chi connectivity index (χ0n) is 29.3. The lowest BCUT2D eigenvalue weighted by molar-refractivity contribution is -0.137. The van der Waals surface area contributed by atoms with Crippen LogP contribution in [0.3, 0.4) is 0 Å². The van der Waals surface area contributed by atoms with Gasteiger partial charge in [-0.2, -0.15) is 23.1 Å². The Bertz CT molecular complexity index is 1890. The maximum atomic E-state index is 16.8. The van der Waals surface area contributed by atoms with Crippen LogP contribution in [0.5, 0.6) is 6.01 Å². The van der Waals surface area contributed by atoms with Gasteiger partial charge in [0, 0.05) is 50.6 Å². The second-order valence-electron chi connectivity index (χ2n) is 15.4. The second-order valence-corrected chi connectivity index (χ2v) is 15.8. The van der Waals surface area contributed by atoms with Crippen molar-refractivity contribution in [3.63, 3.8) is 0 Å². The number of aromatic nitrogens is 3. The van der Waals surface area contributed by atoms with Crippen molar-refractivity contribution in [1.29, 1.82) is 0 Å². The molecular weight excluding hydrogens is 713 g/mol. The highest BCUT2D eigenvalue weighted by atomic mass is 35.5. The molecule has 2 N–H and O–H groups in total. The quantitative estimate of drug-likeness (QED) is 0.208. The van der Waals surface area contributed by atoms with Crippen molar-refractivity contribution in [3.05, 3.63) is 34.7 Å². The van der Waals surface area contributed by atoms with Crippen LogP contribution in [0.4, 0.5) is 38.3 Å². The largest absolute Gasteiger partial charge is 0.461 e. The molecule has 282 valence electrons. The number of fused-ring (bicyclic) bond motifs is 4. The van der Waals surface area contributed by atoms with Crippen molar-refractivity contribution in [1.82, 2.24) is 24.8 Å². The lowest BCUT2D eigenvalue weighted by Gasteiger charge is -2.49. The number of hydrogen-bond donors (Lipinski definition) is 1. The van der Waals surface area contributed by atoms with E-state index in [1.165, 1.54) is 13.3 Å². The van der Waals surface area contributed by atoms with Gasteiger partial charge in [-0.3, -0.25) is 14.8 Å². The number of ether oxygens (including phenoxy) is 3. The Balaban J connectivity index is 1.34. The molecule has 52 heavy (non-hydrogen) atoms. The van der Waals surface area contributed by atoms with Crippen molar-refractivity contribution in [2.24, 2.45) is 0 Å². The van der Waals surface area contributed by atoms with E-state index in [0.717, 1.165) is 18.6 Å². The van der Waals surface area contributed by atoms with Crippen LogP contribution >= 0.6 is 11.6 Å². The van der Waals surface area contributed by atoms with Crippen LogP contribution in [0, 0.1) is 5.82 Å². The Kier molecular flexibility index (Phi) is 9.13. The molecule has 6 heterocycles. The first-order chi connectivity index (χ1) is 24.4. The third-order valence-corrected chi connectivity index (χ3v) is 10.9. The number of piperazine rings is 1. The number of anilines is 2. The van der Waals surface area contributed by atoms with E-state index in [2.05, 4.69) is 9.97 Å². The molecular formula is C35H41ClF5N7O4. The molecule has 4 saturated heterocycles. The molecule has 4 fully saturated rings. The van der Waals surface area contributed by atoms with Gasteiger partial charge in [0.25, 0.3) is 0 Å². The highest BCUT2D eigenvalue weighted by Gasteiger charge is 2.55. The minimum Gasteiger partial charge on any atom is -0.461 e. The molecule has 0 radical (unpaired) electrons. The fourth-order valence-electron chi connectivity index (χ4n) is 8.61. The number of carbonyl (C=O) groups is 1. The van der Waals surface area contributed by atoms with Crippen LogP contribution in [-0.2, 0) is 15.7 Å². The SMILES string of the molecule is COC[C@@]12CC[C@@H](CN(c3nc(OC[C@@]45CCCN4C[C@H](F)C5)nc4c(F)c(-c5cc(N)cc(Cl)c5C(F)(F)F)ncc34)C1)N2C(=O)OC(C)(C)C. The molecule has 3 aromatic rings. The van der Waals surface area contributed by atoms with Crippen molar-refractivity contribution in [2.75, 3.05) is 57.1 Å². The van der Waals surface area contributed by atoms with Crippen molar-refractivity contribution in [2.45, 2.75) is 87.9 Å². The first kappa shape index (κ1) is 36.6. The molecule has 7 rings (SSSR count). The third-order valence-electron chi connectivity index (χ3n) is 10.6. The number of nitrogens with zero attached hydrogens (tertiary/aromatic N) is 6. The fraction of sp³-hybridized carbons (Fsp3) is 0.600. The zero-order valence-corrected chi connectivity index (χ0v) is 30.1. The van der Waals surface area contributed by atoms with Crippen LogP contribution in [0.25, 0.3) is 22.2 Å². The van der Waals surface area contributed by atoms with Gasteiger partial charge in [0.15, 0.2) is 5.82 Å². The van der Waals surface area contributed by atoms with Gasteiger partial charge in [-0.05, 0) is 65.1 Å². The van der Waals surface area contributed by atoms with Gasteiger partial charge in [0.2, 0.25) is 0 Å². The van der Waals surface area contributed by atoms with E-state index >= 15 is 4.39 Å². The van der Waals surface area contributed by atoms with E-state index in [9.17, 15) is 22.4 Å². The fourth-order valence-corrected chi connectivity index (χ4v) is 8.95. The summed E-state index contributed by atoms with van der Waals surface area (Å²) in [6, 6.07) is 1.34. The Labute approximate surface area is 302 Å². The Morgan fingerprint density at radius 1 is 1.12 bits per heavy atom. The number of halogens is 6. The normalized spacial score (nSPS) is 26.3. The molecule has 1 aromatic carbocycles. The number of methoxy groups -OCH3 is 1. The summed E-state index contributed by atoms with van der Waals surface area (Å²) in [6.45, 7) is 7.03. The van der Waals surface area contributed by atoms with Crippen molar-refractivity contribution >= 4 is 40.1 Å². The van der Waals surface area contributed by atoms with Crippen LogP contribution in [0.2, 0.25) is 5.02 Å². The van der Waals surface area contributed by atoms with Gasteiger partial charge in [0.1, 0.15) is 35.4 Å². The molecule has 1 amide bonds. The van der Waals surface area contributed by atoms with Gasteiger partial charge in [-0.1, -0.05) is 11.6 Å². The average Bonchev–Trinajstić information content (AvgIpc) is 3.63. The first-order valence-corrected chi connectivity index (χ1v) is 17.6. The highest BCUT2D eigenvalue weighted by molar-refractivity contribution is 6.32. The van der Waals surface area contributed by atoms with Crippen molar-refractivity contribution in [3.8, 4) is 17.3 Å². The molecule has 4 aliphatic heterocycles. The zero-order chi connectivity index (χ0) is 37.4. The predicted octanol–water partition coefficient (Wildman–Crippen LogP) is 6.65. The number of alkyl halides is 4. The van der Waals surface area contributed by atoms with Gasteiger partial charge >= 0.3 is 18.3 Å². The lowest BCUT2D eigenvalue weighted by atomic mass is 9.95. The summed E-state index contributed by atoms with van der Waals surface area (Å²) in [5, 5.41) is -0.596. The number of pyridine rings is 1. The smallest absolute Gasteiger partial charge is 0.418 e. The number of hydrogen-bond acceptors (Lipinski definition) is 10. The summed E-state index contributed by atoms with van der Waals surface area (Å²) in [5.74, 6) is -0.947. The number of benzene rings is 1. The minimum atomic E-state index is -4.96. The number of rotatable bonds is 7. The molecule has 2 aromatic heterocycles. The third kappa shape index (κ3) is 6.44. The van der Waals surface area contributed by atoms with Gasteiger partial charge in [0.05, 0.1) is 39.7 Å². The summed E-state index contributed by atoms with van der Waals surface area (Å²) in [4.78, 5) is 32.5. The van der Waals surface area contributed by atoms with Crippen LogP contribution in [0.1, 0.15) is 58.4 Å². The predicted molar refractivity (Wildman–Crippen MR) is 184 cm³/mol. The van der Waals surface area contributed by atoms with Crippen molar-refractivity contribution < 1.29 is 41.0 Å². The number of amides is 1. The number of carbonyl (C=O) groups excluding carboxylic acids is 1. The van der Waals surface area contributed by atoms with Gasteiger partial charge in [-0.15, -0.1) is 0 Å². The van der Waals surface area contributed by atoms with Crippen LogP contribution < -0.4 is 15.4 Å². The van der Waals surface area contributed by atoms with E-state index in [4.69, 9.17) is 36.5 Å². The molecule has 0 unspecified atom stereocenters. The first-order valence-electron chi connectivity index (χ1n) is 17.2. The van der Waals surface area contributed by atoms with Gasteiger partial charge in [-0.25, -0.2) is 13.6 Å². The van der Waals surface area contributed by atoms with Gasteiger partial charge < -0.3 is 24.8 Å². The average molecular weight is 754 g/mol. The Morgan fingerprint density at radius 3 is 2.60 bits per heavy atom. The summed E-state index contributed by atoms with van der Waals surface area (Å²) in [7, 11) is 1.54. The summed E-state index contributed by atoms with van der Waals surface area (Å²) in [6.07, 6.45) is -2.21. The van der Waals surface area contributed by atoms with E-state index in [1.54, 1.807) is 25.7 Å². The molecule has 17 heteroatoms. The molecule has 0 aliphatic carbocycles. The number of nitrogens with two attached hydrogens (primary N) is 1. The Morgan fingerprint density at radius 2 is 1.88 bits per heavy atom. The second kappa shape index (κ2) is 13.0. The van der Waals surface area contributed by atoms with Crippen LogP contribution in [-0.4, -0.2) is 106 Å². The topological polar surface area (TPSA) is 119 Å². The Hall–Kier alpha value is -3.76. The lowest BCUT2D eigenvalue weighted by Crippen LogP contribution is -2.66. The van der Waals surface area contributed by atoms with E-state index in [1.807, 2.05) is 9.80 Å². The van der Waals surface area contributed by atoms with E-state index in [-0.39, 0.29) is 73.7 Å². The van der Waals surface area contributed by atoms with E-state index < -0.39 is 62.8 Å². The van der Waals surface area contributed by atoms with E-state index in [0.29, 0.717) is 25.8 Å². The standard InChI is InChI=1S/C35H41ClF5N7O4/c1-32(2,3)52-31(49)48-21-6-8-34(48,17-50-4)16-46(15-21)29-23-13-43-27(22-10-20(42)11-24(36)25(22)35(39,40)41)26(38)28(23)44-30(45-29)51-18-33-7-5-9-47(33)14-19(37)12-33/h10-11,13,19,21H,5-9,12,14-18,42H2,1-4H3/t19-,21+,33+,34-/m1/s1. The molecule has 0 spiro atoms.